The molecule has 35 heavy (non-hydrogen) atoms. The van der Waals surface area contributed by atoms with E-state index in [9.17, 15) is 14.4 Å². The topological polar surface area (TPSA) is 113 Å². The molecule has 1 amide bonds. The molecule has 2 atom stereocenters. The molecule has 2 aliphatic rings. The normalized spacial score (nSPS) is 20.3. The van der Waals surface area contributed by atoms with Gasteiger partial charge in [-0.1, -0.05) is 6.07 Å². The number of ether oxygens (including phenoxy) is 1. The van der Waals surface area contributed by atoms with Crippen LogP contribution in [0.5, 0.6) is 0 Å². The minimum absolute atomic E-state index is 0.0295. The minimum Gasteiger partial charge on any atom is -0.370 e. The van der Waals surface area contributed by atoms with Crippen molar-refractivity contribution in [2.24, 2.45) is 0 Å². The van der Waals surface area contributed by atoms with Gasteiger partial charge in [0.1, 0.15) is 18.2 Å². The number of tetrazole rings is 1. The number of amides is 1. The molecule has 10 nitrogen and oxygen atoms in total. The van der Waals surface area contributed by atoms with Crippen molar-refractivity contribution in [3.8, 4) is 11.8 Å². The Morgan fingerprint density at radius 1 is 1.23 bits per heavy atom. The zero-order valence-corrected chi connectivity index (χ0v) is 19.6. The van der Waals surface area contributed by atoms with Gasteiger partial charge in [-0.05, 0) is 53.6 Å². The molecule has 2 aromatic heterocycles. The van der Waals surface area contributed by atoms with Crippen LogP contribution in [0.4, 0.5) is 4.39 Å². The summed E-state index contributed by atoms with van der Waals surface area (Å²) in [5.41, 5.74) is 3.75. The fourth-order valence-electron chi connectivity index (χ4n) is 4.86. The van der Waals surface area contributed by atoms with E-state index in [0.717, 1.165) is 23.5 Å². The largest absolute Gasteiger partial charge is 0.370 e. The molecule has 4 heterocycles. The van der Waals surface area contributed by atoms with E-state index < -0.39 is 5.82 Å². The SMILES string of the molecule is Cc1nc(CC(=O)N2CCN3C[C@H](c4ccc(F)c(C#N)c4C)OC[C@@H]3C2)ccc1-n1cnnn1. The van der Waals surface area contributed by atoms with Gasteiger partial charge in [-0.2, -0.15) is 9.94 Å². The number of carbonyl (C=O) groups is 1. The fourth-order valence-corrected chi connectivity index (χ4v) is 4.86. The van der Waals surface area contributed by atoms with Gasteiger partial charge < -0.3 is 9.64 Å². The van der Waals surface area contributed by atoms with Gasteiger partial charge >= 0.3 is 0 Å². The van der Waals surface area contributed by atoms with Crippen molar-refractivity contribution in [2.75, 3.05) is 32.8 Å². The number of halogens is 1. The Bertz CT molecular complexity index is 1290. The first-order valence-corrected chi connectivity index (χ1v) is 11.5. The van der Waals surface area contributed by atoms with Crippen LogP contribution in [0, 0.1) is 31.0 Å². The summed E-state index contributed by atoms with van der Waals surface area (Å²) in [6.45, 7) is 6.66. The van der Waals surface area contributed by atoms with E-state index in [1.807, 2.05) is 30.0 Å². The highest BCUT2D eigenvalue weighted by molar-refractivity contribution is 5.78. The highest BCUT2D eigenvalue weighted by Crippen LogP contribution is 2.31. The number of piperazine rings is 1. The lowest BCUT2D eigenvalue weighted by Crippen LogP contribution is -2.59. The Kier molecular flexibility index (Phi) is 6.23. The molecule has 0 bridgehead atoms. The summed E-state index contributed by atoms with van der Waals surface area (Å²) >= 11 is 0. The molecule has 2 aliphatic heterocycles. The van der Waals surface area contributed by atoms with E-state index in [0.29, 0.717) is 37.5 Å². The van der Waals surface area contributed by atoms with Gasteiger partial charge in [0.2, 0.25) is 5.91 Å². The number of nitrogens with zero attached hydrogens (tertiary/aromatic N) is 8. The second-order valence-corrected chi connectivity index (χ2v) is 8.90. The summed E-state index contributed by atoms with van der Waals surface area (Å²) in [4.78, 5) is 21.8. The maximum Gasteiger partial charge on any atom is 0.228 e. The molecule has 11 heteroatoms. The van der Waals surface area contributed by atoms with Gasteiger partial charge in [-0.3, -0.25) is 14.7 Å². The molecule has 5 rings (SSSR count). The Morgan fingerprint density at radius 2 is 2.09 bits per heavy atom. The number of rotatable bonds is 4. The van der Waals surface area contributed by atoms with Crippen molar-refractivity contribution in [1.29, 1.82) is 5.26 Å². The van der Waals surface area contributed by atoms with Crippen molar-refractivity contribution in [2.45, 2.75) is 32.4 Å². The minimum atomic E-state index is -0.510. The number of nitriles is 1. The van der Waals surface area contributed by atoms with Gasteiger partial charge in [0.05, 0.1) is 47.8 Å². The predicted molar refractivity (Wildman–Crippen MR) is 122 cm³/mol. The molecule has 0 radical (unpaired) electrons. The highest BCUT2D eigenvalue weighted by Gasteiger charge is 2.36. The highest BCUT2D eigenvalue weighted by atomic mass is 19.1. The van der Waals surface area contributed by atoms with E-state index in [1.54, 1.807) is 13.0 Å². The number of hydrogen-bond donors (Lipinski definition) is 0. The molecule has 2 saturated heterocycles. The average molecular weight is 477 g/mol. The second-order valence-electron chi connectivity index (χ2n) is 8.90. The zero-order valence-electron chi connectivity index (χ0n) is 19.6. The fraction of sp³-hybridized carbons (Fsp3) is 0.417. The smallest absolute Gasteiger partial charge is 0.228 e. The first-order valence-electron chi connectivity index (χ1n) is 11.5. The quantitative estimate of drug-likeness (QED) is 0.557. The van der Waals surface area contributed by atoms with Crippen molar-refractivity contribution < 1.29 is 13.9 Å². The van der Waals surface area contributed by atoms with E-state index in [2.05, 4.69) is 25.4 Å². The molecular weight excluding hydrogens is 451 g/mol. The molecule has 3 aromatic rings. The van der Waals surface area contributed by atoms with Crippen LogP contribution in [0.3, 0.4) is 0 Å². The predicted octanol–water partition coefficient (Wildman–Crippen LogP) is 1.51. The van der Waals surface area contributed by atoms with Crippen molar-refractivity contribution in [3.63, 3.8) is 0 Å². The molecule has 0 unspecified atom stereocenters. The Balaban J connectivity index is 1.21. The number of aryl methyl sites for hydroxylation is 1. The average Bonchev–Trinajstić information content (AvgIpc) is 3.38. The summed E-state index contributed by atoms with van der Waals surface area (Å²) in [6.07, 6.45) is 1.50. The van der Waals surface area contributed by atoms with Crippen molar-refractivity contribution in [3.05, 3.63) is 64.5 Å². The Morgan fingerprint density at radius 3 is 2.83 bits per heavy atom. The van der Waals surface area contributed by atoms with Crippen LogP contribution >= 0.6 is 0 Å². The van der Waals surface area contributed by atoms with Gasteiger partial charge in [0.15, 0.2) is 0 Å². The lowest BCUT2D eigenvalue weighted by atomic mass is 9.96. The molecule has 0 N–H and O–H groups in total. The molecule has 0 aliphatic carbocycles. The van der Waals surface area contributed by atoms with Gasteiger partial charge in [0.25, 0.3) is 0 Å². The van der Waals surface area contributed by atoms with Crippen LogP contribution in [0.25, 0.3) is 5.69 Å². The number of carbonyl (C=O) groups excluding carboxylic acids is 1. The summed E-state index contributed by atoms with van der Waals surface area (Å²) in [5, 5.41) is 20.4. The van der Waals surface area contributed by atoms with Crippen LogP contribution in [-0.4, -0.2) is 79.7 Å². The molecule has 0 spiro atoms. The monoisotopic (exact) mass is 476 g/mol. The van der Waals surface area contributed by atoms with E-state index >= 15 is 0 Å². The van der Waals surface area contributed by atoms with Gasteiger partial charge in [-0.15, -0.1) is 5.10 Å². The van der Waals surface area contributed by atoms with E-state index in [4.69, 9.17) is 4.74 Å². The third-order valence-electron chi connectivity index (χ3n) is 6.81. The standard InChI is InChI=1S/C24H25FN8O2/c1-15-19(4-5-21(25)20(15)10-26)23-12-31-7-8-32(11-18(31)13-35-23)24(34)9-17-3-6-22(16(2)28-17)33-14-27-29-30-33/h3-6,14,18,23H,7-9,11-13H2,1-2H3/t18-,23+/m0/s1. The number of hydrogen-bond acceptors (Lipinski definition) is 8. The van der Waals surface area contributed by atoms with Crippen LogP contribution < -0.4 is 0 Å². The second kappa shape index (κ2) is 9.48. The summed E-state index contributed by atoms with van der Waals surface area (Å²) in [6, 6.07) is 8.77. The van der Waals surface area contributed by atoms with Crippen molar-refractivity contribution in [1.82, 2.24) is 35.0 Å². The number of aromatic nitrogens is 5. The number of fused-ring (bicyclic) bond motifs is 1. The van der Waals surface area contributed by atoms with Gasteiger partial charge in [-0.25, -0.2) is 4.39 Å². The maximum atomic E-state index is 13.9. The Hall–Kier alpha value is -3.75. The maximum absolute atomic E-state index is 13.9. The van der Waals surface area contributed by atoms with Crippen LogP contribution in [0.15, 0.2) is 30.6 Å². The van der Waals surface area contributed by atoms with Gasteiger partial charge in [0, 0.05) is 26.2 Å². The van der Waals surface area contributed by atoms with Crippen LogP contribution in [0.1, 0.15) is 34.2 Å². The zero-order chi connectivity index (χ0) is 24.5. The lowest BCUT2D eigenvalue weighted by Gasteiger charge is -2.46. The first kappa shape index (κ1) is 23.0. The number of pyridine rings is 1. The summed E-state index contributed by atoms with van der Waals surface area (Å²) < 4.78 is 21.6. The van der Waals surface area contributed by atoms with Crippen LogP contribution in [0.2, 0.25) is 0 Å². The Labute approximate surface area is 201 Å². The molecule has 180 valence electrons. The van der Waals surface area contributed by atoms with E-state index in [1.165, 1.54) is 17.1 Å². The molecule has 1 aromatic carbocycles. The van der Waals surface area contributed by atoms with Crippen molar-refractivity contribution >= 4 is 5.91 Å². The summed E-state index contributed by atoms with van der Waals surface area (Å²) in [5.74, 6) is -0.480. The third kappa shape index (κ3) is 4.50. The molecule has 0 saturated carbocycles. The lowest BCUT2D eigenvalue weighted by molar-refractivity contribution is -0.139. The summed E-state index contributed by atoms with van der Waals surface area (Å²) in [7, 11) is 0. The molecular formula is C24H25FN8O2. The van der Waals surface area contributed by atoms with Crippen LogP contribution in [-0.2, 0) is 16.0 Å². The first-order chi connectivity index (χ1) is 16.9. The third-order valence-corrected chi connectivity index (χ3v) is 6.81. The molecule has 2 fully saturated rings. The van der Waals surface area contributed by atoms with E-state index in [-0.39, 0.29) is 30.0 Å². The number of morpholine rings is 1. The number of benzene rings is 1.